The van der Waals surface area contributed by atoms with Crippen molar-refractivity contribution in [3.05, 3.63) is 71.8 Å². The Labute approximate surface area is 187 Å². The monoisotopic (exact) mass is 452 g/mol. The molecule has 3 N–H and O–H groups in total. The Bertz CT molecular complexity index is 1340. The van der Waals surface area contributed by atoms with Crippen molar-refractivity contribution in [3.63, 3.8) is 0 Å². The number of nitrogens with one attached hydrogen (secondary N) is 1. The molecule has 32 heavy (non-hydrogen) atoms. The van der Waals surface area contributed by atoms with Crippen molar-refractivity contribution in [1.29, 1.82) is 0 Å². The van der Waals surface area contributed by atoms with Gasteiger partial charge in [-0.05, 0) is 78.4 Å². The van der Waals surface area contributed by atoms with E-state index in [0.29, 0.717) is 17.2 Å². The smallest absolute Gasteiger partial charge is 0.238 e. The number of fused-ring (bicyclic) bond motifs is 1. The molecule has 1 fully saturated rings. The van der Waals surface area contributed by atoms with Crippen molar-refractivity contribution in [2.75, 3.05) is 12.1 Å². The first-order valence-electron chi connectivity index (χ1n) is 10.2. The average molecular weight is 453 g/mol. The molecular formula is C24H24N2O5S. The Morgan fingerprint density at radius 2 is 1.72 bits per heavy atom. The summed E-state index contributed by atoms with van der Waals surface area (Å²) >= 11 is 0. The molecule has 3 aromatic rings. The molecule has 0 saturated heterocycles. The molecular weight excluding hydrogens is 428 g/mol. The average Bonchev–Trinajstić information content (AvgIpc) is 3.44. The van der Waals surface area contributed by atoms with Gasteiger partial charge in [0.2, 0.25) is 22.7 Å². The molecule has 8 heteroatoms. The summed E-state index contributed by atoms with van der Waals surface area (Å²) in [5, 5.41) is 8.22. The molecule has 0 radical (unpaired) electrons. The fourth-order valence-electron chi connectivity index (χ4n) is 4.11. The molecule has 1 aliphatic heterocycles. The van der Waals surface area contributed by atoms with E-state index < -0.39 is 15.4 Å². The van der Waals surface area contributed by atoms with Crippen molar-refractivity contribution in [1.82, 2.24) is 0 Å². The zero-order chi connectivity index (χ0) is 22.5. The maximum absolute atomic E-state index is 13.1. The van der Waals surface area contributed by atoms with Gasteiger partial charge in [-0.3, -0.25) is 4.79 Å². The van der Waals surface area contributed by atoms with Crippen LogP contribution >= 0.6 is 0 Å². The van der Waals surface area contributed by atoms with Gasteiger partial charge in [0.15, 0.2) is 11.5 Å². The Morgan fingerprint density at radius 1 is 1.00 bits per heavy atom. The topological polar surface area (TPSA) is 108 Å². The molecule has 166 valence electrons. The third kappa shape index (κ3) is 3.61. The van der Waals surface area contributed by atoms with Crippen LogP contribution in [-0.2, 0) is 20.2 Å². The SMILES string of the molecule is Cc1cc(NC(=O)C2(c3ccc4c(c3)OCO4)CC2)ccc1-c1ccc(S(N)(=O)=O)cc1.[HH]. The lowest BCUT2D eigenvalue weighted by molar-refractivity contribution is -0.118. The molecule has 3 aromatic carbocycles. The summed E-state index contributed by atoms with van der Waals surface area (Å²) in [6.07, 6.45) is 1.57. The van der Waals surface area contributed by atoms with Gasteiger partial charge in [-0.25, -0.2) is 13.6 Å². The lowest BCUT2D eigenvalue weighted by Gasteiger charge is -2.17. The number of sulfonamides is 1. The largest absolute Gasteiger partial charge is 0.454 e. The summed E-state index contributed by atoms with van der Waals surface area (Å²) in [5.74, 6) is 1.34. The van der Waals surface area contributed by atoms with Crippen LogP contribution in [0.25, 0.3) is 11.1 Å². The Hall–Kier alpha value is -3.36. The predicted molar refractivity (Wildman–Crippen MR) is 122 cm³/mol. The van der Waals surface area contributed by atoms with Crippen LogP contribution in [0, 0.1) is 6.92 Å². The molecule has 0 aromatic heterocycles. The Balaban J connectivity index is 0.00000259. The molecule has 0 bridgehead atoms. The summed E-state index contributed by atoms with van der Waals surface area (Å²) in [7, 11) is -3.73. The van der Waals surface area contributed by atoms with Crippen LogP contribution < -0.4 is 19.9 Å². The normalized spacial score (nSPS) is 15.9. The van der Waals surface area contributed by atoms with Crippen LogP contribution in [0.4, 0.5) is 5.69 Å². The summed E-state index contributed by atoms with van der Waals surface area (Å²) in [5.41, 5.74) is 3.87. The van der Waals surface area contributed by atoms with Crippen LogP contribution in [0.15, 0.2) is 65.6 Å². The number of hydrogen-bond donors (Lipinski definition) is 2. The van der Waals surface area contributed by atoms with E-state index in [1.807, 2.05) is 43.3 Å². The quantitative estimate of drug-likeness (QED) is 0.609. The summed E-state index contributed by atoms with van der Waals surface area (Å²) in [6.45, 7) is 2.15. The van der Waals surface area contributed by atoms with E-state index in [9.17, 15) is 13.2 Å². The second-order valence-electron chi connectivity index (χ2n) is 8.20. The highest BCUT2D eigenvalue weighted by molar-refractivity contribution is 7.89. The van der Waals surface area contributed by atoms with Crippen molar-refractivity contribution >= 4 is 21.6 Å². The number of ether oxygens (including phenoxy) is 2. The number of benzene rings is 3. The summed E-state index contributed by atoms with van der Waals surface area (Å²) in [4.78, 5) is 13.2. The van der Waals surface area contributed by atoms with E-state index in [0.717, 1.165) is 35.1 Å². The third-order valence-corrected chi connectivity index (χ3v) is 7.02. The maximum Gasteiger partial charge on any atom is 0.238 e. The fraction of sp³-hybridized carbons (Fsp3) is 0.208. The van der Waals surface area contributed by atoms with Gasteiger partial charge in [-0.1, -0.05) is 24.3 Å². The number of hydrogen-bond acceptors (Lipinski definition) is 5. The number of primary sulfonamides is 1. The lowest BCUT2D eigenvalue weighted by Crippen LogP contribution is -2.27. The van der Waals surface area contributed by atoms with E-state index >= 15 is 0 Å². The molecule has 1 amide bonds. The van der Waals surface area contributed by atoms with Gasteiger partial charge in [0, 0.05) is 7.11 Å². The van der Waals surface area contributed by atoms with Crippen LogP contribution in [0.5, 0.6) is 11.5 Å². The summed E-state index contributed by atoms with van der Waals surface area (Å²) < 4.78 is 33.8. The highest BCUT2D eigenvalue weighted by Gasteiger charge is 2.51. The minimum atomic E-state index is -3.73. The van der Waals surface area contributed by atoms with E-state index in [2.05, 4.69) is 5.32 Å². The number of carbonyl (C=O) groups excluding carboxylic acids is 1. The summed E-state index contributed by atoms with van der Waals surface area (Å²) in [6, 6.07) is 17.8. The lowest BCUT2D eigenvalue weighted by atomic mass is 9.94. The first-order chi connectivity index (χ1) is 15.3. The van der Waals surface area contributed by atoms with Gasteiger partial charge >= 0.3 is 0 Å². The molecule has 2 aliphatic rings. The van der Waals surface area contributed by atoms with Crippen LogP contribution in [0.3, 0.4) is 0 Å². The highest BCUT2D eigenvalue weighted by Crippen LogP contribution is 2.51. The zero-order valence-corrected chi connectivity index (χ0v) is 18.2. The first-order valence-corrected chi connectivity index (χ1v) is 11.8. The van der Waals surface area contributed by atoms with Gasteiger partial charge < -0.3 is 14.8 Å². The molecule has 0 atom stereocenters. The van der Waals surface area contributed by atoms with E-state index in [-0.39, 0.29) is 19.0 Å². The van der Waals surface area contributed by atoms with E-state index in [1.165, 1.54) is 12.1 Å². The number of aryl methyl sites for hydroxylation is 1. The van der Waals surface area contributed by atoms with E-state index in [1.54, 1.807) is 12.1 Å². The highest BCUT2D eigenvalue weighted by atomic mass is 32.2. The third-order valence-electron chi connectivity index (χ3n) is 6.09. The molecule has 7 nitrogen and oxygen atoms in total. The minimum Gasteiger partial charge on any atom is -0.454 e. The van der Waals surface area contributed by atoms with Crippen LogP contribution in [0.2, 0.25) is 0 Å². The van der Waals surface area contributed by atoms with Crippen molar-refractivity contribution in [2.45, 2.75) is 30.1 Å². The van der Waals surface area contributed by atoms with Crippen molar-refractivity contribution < 1.29 is 24.1 Å². The predicted octanol–water partition coefficient (Wildman–Crippen LogP) is 3.95. The number of amides is 1. The molecule has 5 rings (SSSR count). The number of carbonyl (C=O) groups is 1. The molecule has 0 spiro atoms. The van der Waals surface area contributed by atoms with Gasteiger partial charge in [0.05, 0.1) is 10.3 Å². The number of nitrogens with two attached hydrogens (primary N) is 1. The second kappa shape index (κ2) is 7.36. The fourth-order valence-corrected chi connectivity index (χ4v) is 4.62. The van der Waals surface area contributed by atoms with Crippen molar-refractivity contribution in [2.24, 2.45) is 5.14 Å². The van der Waals surface area contributed by atoms with Crippen LogP contribution in [-0.4, -0.2) is 21.1 Å². The van der Waals surface area contributed by atoms with E-state index in [4.69, 9.17) is 14.6 Å². The minimum absolute atomic E-state index is 0. The molecule has 1 heterocycles. The van der Waals surface area contributed by atoms with Gasteiger partial charge in [0.25, 0.3) is 0 Å². The second-order valence-corrected chi connectivity index (χ2v) is 9.76. The van der Waals surface area contributed by atoms with Gasteiger partial charge in [-0.2, -0.15) is 0 Å². The molecule has 1 saturated carbocycles. The zero-order valence-electron chi connectivity index (χ0n) is 17.4. The van der Waals surface area contributed by atoms with Gasteiger partial charge in [0.1, 0.15) is 0 Å². The van der Waals surface area contributed by atoms with Crippen molar-refractivity contribution in [3.8, 4) is 22.6 Å². The standard InChI is InChI=1S/C24H22N2O5S.H2/c1-15-12-18(5-8-20(15)16-2-6-19(7-3-16)32(25,28)29)26-23(27)24(10-11-24)17-4-9-21-22(13-17)31-14-30-21;/h2-9,12-13H,10-11,14H2,1H3,(H,26,27)(H2,25,28,29);1H. The Kier molecular flexibility index (Phi) is 4.72. The van der Waals surface area contributed by atoms with Gasteiger partial charge in [-0.15, -0.1) is 0 Å². The first kappa shape index (κ1) is 20.5. The number of rotatable bonds is 5. The number of anilines is 1. The van der Waals surface area contributed by atoms with Crippen LogP contribution in [0.1, 0.15) is 25.4 Å². The maximum atomic E-state index is 13.1. The molecule has 1 aliphatic carbocycles. The molecule has 0 unspecified atom stereocenters. The Morgan fingerprint density at radius 3 is 2.38 bits per heavy atom.